The van der Waals surface area contributed by atoms with Crippen LogP contribution in [0.1, 0.15) is 25.0 Å². The molecular formula is C14H22N2O2. The number of benzene rings is 1. The lowest BCUT2D eigenvalue weighted by atomic mass is 9.95. The van der Waals surface area contributed by atoms with Crippen LogP contribution < -0.4 is 5.73 Å². The molecule has 0 saturated carbocycles. The smallest absolute Gasteiger partial charge is 0.0917 e. The van der Waals surface area contributed by atoms with E-state index in [0.717, 1.165) is 18.5 Å². The van der Waals surface area contributed by atoms with Gasteiger partial charge in [-0.25, -0.2) is 0 Å². The molecule has 0 radical (unpaired) electrons. The van der Waals surface area contributed by atoms with Crippen LogP contribution in [-0.2, 0) is 0 Å². The van der Waals surface area contributed by atoms with Crippen LogP contribution in [0.25, 0.3) is 0 Å². The van der Waals surface area contributed by atoms with Crippen molar-refractivity contribution in [2.75, 3.05) is 25.4 Å². The molecule has 0 amide bonds. The fraction of sp³-hybridized carbons (Fsp3) is 0.571. The predicted octanol–water partition coefficient (Wildman–Crippen LogP) is 1.00. The monoisotopic (exact) mass is 250 g/mol. The van der Waals surface area contributed by atoms with Gasteiger partial charge in [0.1, 0.15) is 0 Å². The Morgan fingerprint density at radius 2 is 2.28 bits per heavy atom. The van der Waals surface area contributed by atoms with Crippen molar-refractivity contribution in [3.8, 4) is 0 Å². The predicted molar refractivity (Wildman–Crippen MR) is 72.0 cm³/mol. The van der Waals surface area contributed by atoms with Crippen LogP contribution in [0.2, 0.25) is 0 Å². The van der Waals surface area contributed by atoms with Crippen molar-refractivity contribution >= 4 is 5.69 Å². The van der Waals surface area contributed by atoms with Gasteiger partial charge in [0.2, 0.25) is 0 Å². The summed E-state index contributed by atoms with van der Waals surface area (Å²) in [5, 5.41) is 20.0. The van der Waals surface area contributed by atoms with Gasteiger partial charge in [0.25, 0.3) is 0 Å². The van der Waals surface area contributed by atoms with Gasteiger partial charge in [-0.1, -0.05) is 19.1 Å². The maximum Gasteiger partial charge on any atom is 0.0917 e. The van der Waals surface area contributed by atoms with Gasteiger partial charge in [0.05, 0.1) is 12.2 Å². The molecule has 1 aliphatic rings. The highest BCUT2D eigenvalue weighted by Crippen LogP contribution is 2.21. The first kappa shape index (κ1) is 13.3. The standard InChI is InChI=1S/C14H22N2O2/c1-10-5-6-16(8-13(10)17)9-14(18)11-3-2-4-12(15)7-11/h2-4,7,10,13-14,17-18H,5-6,8-9,15H2,1H3. The van der Waals surface area contributed by atoms with Crippen LogP contribution in [0, 0.1) is 5.92 Å². The largest absolute Gasteiger partial charge is 0.399 e. The Kier molecular flexibility index (Phi) is 4.22. The summed E-state index contributed by atoms with van der Waals surface area (Å²) in [5.41, 5.74) is 7.21. The van der Waals surface area contributed by atoms with Gasteiger partial charge in [0.15, 0.2) is 0 Å². The first-order valence-electron chi connectivity index (χ1n) is 6.50. The lowest BCUT2D eigenvalue weighted by molar-refractivity contribution is 0.00860. The summed E-state index contributed by atoms with van der Waals surface area (Å²) in [4.78, 5) is 2.11. The molecule has 0 bridgehead atoms. The molecule has 0 spiro atoms. The summed E-state index contributed by atoms with van der Waals surface area (Å²) in [6, 6.07) is 7.33. The summed E-state index contributed by atoms with van der Waals surface area (Å²) >= 11 is 0. The average Bonchev–Trinajstić information content (AvgIpc) is 2.34. The van der Waals surface area contributed by atoms with Gasteiger partial charge < -0.3 is 15.9 Å². The quantitative estimate of drug-likeness (QED) is 0.700. The second kappa shape index (κ2) is 5.69. The molecule has 1 saturated heterocycles. The molecule has 1 fully saturated rings. The highest BCUT2D eigenvalue weighted by Gasteiger charge is 2.25. The Labute approximate surface area is 108 Å². The first-order valence-corrected chi connectivity index (χ1v) is 6.50. The van der Waals surface area contributed by atoms with E-state index in [1.165, 1.54) is 0 Å². The number of nitrogen functional groups attached to an aromatic ring is 1. The number of piperidine rings is 1. The van der Waals surface area contributed by atoms with E-state index >= 15 is 0 Å². The van der Waals surface area contributed by atoms with Crippen molar-refractivity contribution in [1.29, 1.82) is 0 Å². The van der Waals surface area contributed by atoms with E-state index in [2.05, 4.69) is 11.8 Å². The molecular weight excluding hydrogens is 228 g/mol. The van der Waals surface area contributed by atoms with Crippen LogP contribution in [-0.4, -0.2) is 40.9 Å². The Bertz CT molecular complexity index is 397. The zero-order valence-corrected chi connectivity index (χ0v) is 10.8. The number of aliphatic hydroxyl groups excluding tert-OH is 2. The fourth-order valence-corrected chi connectivity index (χ4v) is 2.40. The third kappa shape index (κ3) is 3.22. The molecule has 1 aliphatic heterocycles. The molecule has 4 nitrogen and oxygen atoms in total. The molecule has 0 aromatic heterocycles. The third-order valence-corrected chi connectivity index (χ3v) is 3.73. The van der Waals surface area contributed by atoms with E-state index < -0.39 is 6.10 Å². The minimum atomic E-state index is -0.547. The maximum atomic E-state index is 10.2. The Balaban J connectivity index is 1.93. The summed E-state index contributed by atoms with van der Waals surface area (Å²) in [7, 11) is 0. The third-order valence-electron chi connectivity index (χ3n) is 3.73. The number of nitrogens with zero attached hydrogens (tertiary/aromatic N) is 1. The van der Waals surface area contributed by atoms with Gasteiger partial charge in [-0.15, -0.1) is 0 Å². The summed E-state index contributed by atoms with van der Waals surface area (Å²) < 4.78 is 0. The van der Waals surface area contributed by atoms with Gasteiger partial charge in [-0.3, -0.25) is 4.90 Å². The molecule has 18 heavy (non-hydrogen) atoms. The lowest BCUT2D eigenvalue weighted by Gasteiger charge is -2.35. The number of anilines is 1. The topological polar surface area (TPSA) is 69.7 Å². The van der Waals surface area contributed by atoms with Crippen molar-refractivity contribution in [2.24, 2.45) is 5.92 Å². The molecule has 100 valence electrons. The van der Waals surface area contributed by atoms with Gasteiger partial charge in [-0.05, 0) is 36.6 Å². The van der Waals surface area contributed by atoms with E-state index in [1.54, 1.807) is 6.07 Å². The number of hydrogen-bond acceptors (Lipinski definition) is 4. The van der Waals surface area contributed by atoms with Crippen LogP contribution in [0.4, 0.5) is 5.69 Å². The van der Waals surface area contributed by atoms with E-state index in [9.17, 15) is 10.2 Å². The van der Waals surface area contributed by atoms with E-state index in [-0.39, 0.29) is 6.10 Å². The number of rotatable bonds is 3. The fourth-order valence-electron chi connectivity index (χ4n) is 2.40. The second-order valence-corrected chi connectivity index (χ2v) is 5.28. The van der Waals surface area contributed by atoms with E-state index in [1.807, 2.05) is 18.2 Å². The molecule has 1 heterocycles. The van der Waals surface area contributed by atoms with Crippen molar-refractivity contribution < 1.29 is 10.2 Å². The Hall–Kier alpha value is -1.10. The van der Waals surface area contributed by atoms with Gasteiger partial charge in [0, 0.05) is 18.8 Å². The molecule has 1 aromatic carbocycles. The van der Waals surface area contributed by atoms with Crippen molar-refractivity contribution in [2.45, 2.75) is 25.6 Å². The number of hydrogen-bond donors (Lipinski definition) is 3. The SMILES string of the molecule is CC1CCN(CC(O)c2cccc(N)c2)CC1O. The molecule has 2 rings (SSSR count). The molecule has 3 atom stereocenters. The maximum absolute atomic E-state index is 10.2. The molecule has 4 N–H and O–H groups in total. The van der Waals surface area contributed by atoms with E-state index in [0.29, 0.717) is 24.7 Å². The van der Waals surface area contributed by atoms with Crippen LogP contribution in [0.3, 0.4) is 0 Å². The van der Waals surface area contributed by atoms with Crippen molar-refractivity contribution in [1.82, 2.24) is 4.90 Å². The summed E-state index contributed by atoms with van der Waals surface area (Å²) in [5.74, 6) is 0.353. The minimum absolute atomic E-state index is 0.285. The molecule has 1 aromatic rings. The number of β-amino-alcohol motifs (C(OH)–C–C–N with tert-alkyl or cyclic N) is 2. The van der Waals surface area contributed by atoms with Crippen molar-refractivity contribution in [3.63, 3.8) is 0 Å². The number of nitrogens with two attached hydrogens (primary N) is 1. The first-order chi connectivity index (χ1) is 8.56. The van der Waals surface area contributed by atoms with Crippen molar-refractivity contribution in [3.05, 3.63) is 29.8 Å². The Morgan fingerprint density at radius 1 is 1.50 bits per heavy atom. The van der Waals surface area contributed by atoms with Crippen LogP contribution in [0.5, 0.6) is 0 Å². The summed E-state index contributed by atoms with van der Waals surface area (Å²) in [6.45, 7) is 4.18. The van der Waals surface area contributed by atoms with Crippen LogP contribution >= 0.6 is 0 Å². The highest BCUT2D eigenvalue weighted by molar-refractivity contribution is 5.41. The van der Waals surface area contributed by atoms with Crippen LogP contribution in [0.15, 0.2) is 24.3 Å². The van der Waals surface area contributed by atoms with Gasteiger partial charge in [-0.2, -0.15) is 0 Å². The zero-order valence-electron chi connectivity index (χ0n) is 10.8. The minimum Gasteiger partial charge on any atom is -0.399 e. The second-order valence-electron chi connectivity index (χ2n) is 5.28. The molecule has 0 aliphatic carbocycles. The molecule has 4 heteroatoms. The van der Waals surface area contributed by atoms with Gasteiger partial charge >= 0.3 is 0 Å². The number of likely N-dealkylation sites (tertiary alicyclic amines) is 1. The number of aliphatic hydroxyl groups is 2. The Morgan fingerprint density at radius 3 is 2.94 bits per heavy atom. The highest BCUT2D eigenvalue weighted by atomic mass is 16.3. The average molecular weight is 250 g/mol. The zero-order chi connectivity index (χ0) is 13.1. The lowest BCUT2D eigenvalue weighted by Crippen LogP contribution is -2.44. The summed E-state index contributed by atoms with van der Waals surface area (Å²) in [6.07, 6.45) is 0.144. The van der Waals surface area contributed by atoms with E-state index in [4.69, 9.17) is 5.73 Å². The normalized spacial score (nSPS) is 27.1. The molecule has 3 unspecified atom stereocenters.